The molecule has 5 aromatic rings. The number of methoxy groups -OCH3 is 1. The van der Waals surface area contributed by atoms with Gasteiger partial charge in [0.05, 0.1) is 22.8 Å². The molecule has 12 heteroatoms. The summed E-state index contributed by atoms with van der Waals surface area (Å²) in [4.78, 5) is 34.1. The summed E-state index contributed by atoms with van der Waals surface area (Å²) < 4.78 is 7.19. The molecule has 2 fully saturated rings. The van der Waals surface area contributed by atoms with Crippen LogP contribution in [-0.4, -0.2) is 58.2 Å². The van der Waals surface area contributed by atoms with Crippen LogP contribution in [0.25, 0.3) is 39.2 Å². The lowest BCUT2D eigenvalue weighted by Crippen LogP contribution is -2.35. The van der Waals surface area contributed by atoms with E-state index < -0.39 is 0 Å². The van der Waals surface area contributed by atoms with Gasteiger partial charge in [-0.05, 0) is 55.0 Å². The first-order valence-electron chi connectivity index (χ1n) is 16.8. The quantitative estimate of drug-likeness (QED) is 0.126. The highest BCUT2D eigenvalue weighted by Gasteiger charge is 2.35. The van der Waals surface area contributed by atoms with E-state index in [0.29, 0.717) is 70.7 Å². The molecule has 4 heterocycles. The molecule has 3 atom stereocenters. The van der Waals surface area contributed by atoms with Gasteiger partial charge in [0, 0.05) is 84.5 Å². The first-order valence-corrected chi connectivity index (χ1v) is 17.5. The largest absolute Gasteiger partial charge is 0.481 e. The molecule has 2 aliphatic rings. The van der Waals surface area contributed by atoms with Gasteiger partial charge < -0.3 is 25.8 Å². The molecule has 3 aromatic heterocycles. The average Bonchev–Trinajstić information content (AvgIpc) is 3.77. The van der Waals surface area contributed by atoms with E-state index in [4.69, 9.17) is 32.9 Å². The Kier molecular flexibility index (Phi) is 10.2. The van der Waals surface area contributed by atoms with Crippen molar-refractivity contribution in [3.8, 4) is 39.4 Å². The summed E-state index contributed by atoms with van der Waals surface area (Å²) in [5.74, 6) is 1.43. The highest BCUT2D eigenvalue weighted by atomic mass is 35.5. The molecule has 0 radical (unpaired) electrons. The van der Waals surface area contributed by atoms with Crippen LogP contribution in [0.1, 0.15) is 30.4 Å². The zero-order chi connectivity index (χ0) is 34.8. The van der Waals surface area contributed by atoms with Crippen molar-refractivity contribution in [1.29, 1.82) is 0 Å². The fourth-order valence-electron chi connectivity index (χ4n) is 6.62. The number of fused-ring (bicyclic) bond motifs is 1. The van der Waals surface area contributed by atoms with E-state index >= 15 is 0 Å². The predicted octanol–water partition coefficient (Wildman–Crippen LogP) is 5.49. The lowest BCUT2D eigenvalue weighted by atomic mass is 9.97. The van der Waals surface area contributed by atoms with E-state index in [1.54, 1.807) is 23.9 Å². The van der Waals surface area contributed by atoms with Crippen molar-refractivity contribution in [1.82, 2.24) is 30.3 Å². The third-order valence-electron chi connectivity index (χ3n) is 9.60. The number of carbonyl (C=O) groups excluding carboxylic acids is 1. The summed E-state index contributed by atoms with van der Waals surface area (Å²) in [6, 6.07) is 19.3. The number of hydrogen-bond acceptors (Lipinski definition) is 8. The highest BCUT2D eigenvalue weighted by Crippen LogP contribution is 2.42. The number of aliphatic hydroxyl groups excluding tert-OH is 1. The van der Waals surface area contributed by atoms with Crippen LogP contribution in [-0.2, 0) is 17.9 Å². The number of amides is 1. The molecule has 1 saturated carbocycles. The molecule has 0 bridgehead atoms. The minimum Gasteiger partial charge on any atom is -0.481 e. The summed E-state index contributed by atoms with van der Waals surface area (Å²) in [6.45, 7) is 2.62. The van der Waals surface area contributed by atoms with Crippen LogP contribution in [0.15, 0.2) is 77.9 Å². The molecule has 0 spiro atoms. The number of nitrogens with one attached hydrogen (secondary N) is 3. The van der Waals surface area contributed by atoms with E-state index in [1.807, 2.05) is 60.7 Å². The number of carbonyl (C=O) groups is 1. The second-order valence-corrected chi connectivity index (χ2v) is 13.7. The number of aliphatic hydroxyl groups is 1. The Hall–Kier alpha value is -4.32. The van der Waals surface area contributed by atoms with E-state index in [-0.39, 0.29) is 24.1 Å². The van der Waals surface area contributed by atoms with Crippen LogP contribution in [0.5, 0.6) is 5.88 Å². The standard InChI is InChI=1S/C38H38Cl2N6O4/c1-50-37-23(16-42-20-27-9-11-34(48)44-27)8-10-32(45-37)31-7-3-6-30(36(31)40)29-5-2-4-28(35(29)39)22-12-13-46-33(15-22)43-19-26(38(46)49)18-41-17-24-14-25(24)21-47/h2-8,10,12-13,15,19,24-25,27,41-42,47H,9,11,14,16-18,20-21H2,1H3,(H,44,48). The topological polar surface area (TPSA) is 130 Å². The molecule has 1 aliphatic heterocycles. The normalized spacial score (nSPS) is 18.4. The van der Waals surface area contributed by atoms with E-state index in [9.17, 15) is 14.7 Å². The Bertz CT molecular complexity index is 2120. The van der Waals surface area contributed by atoms with E-state index in [0.717, 1.165) is 52.8 Å². The van der Waals surface area contributed by atoms with Crippen molar-refractivity contribution in [2.75, 3.05) is 26.8 Å². The molecule has 258 valence electrons. The molecule has 1 aliphatic carbocycles. The lowest BCUT2D eigenvalue weighted by molar-refractivity contribution is -0.119. The smallest absolute Gasteiger partial charge is 0.262 e. The van der Waals surface area contributed by atoms with Gasteiger partial charge in [-0.15, -0.1) is 0 Å². The number of ether oxygens (including phenoxy) is 1. The molecule has 10 nitrogen and oxygen atoms in total. The average molecular weight is 714 g/mol. The first kappa shape index (κ1) is 34.1. The van der Waals surface area contributed by atoms with Crippen molar-refractivity contribution in [2.45, 2.75) is 38.4 Å². The summed E-state index contributed by atoms with van der Waals surface area (Å²) in [5, 5.41) is 20.0. The van der Waals surface area contributed by atoms with Gasteiger partial charge in [-0.25, -0.2) is 9.97 Å². The van der Waals surface area contributed by atoms with Crippen LogP contribution in [0.3, 0.4) is 0 Å². The van der Waals surface area contributed by atoms with Gasteiger partial charge in [0.2, 0.25) is 11.8 Å². The fraction of sp³-hybridized carbons (Fsp3) is 0.316. The highest BCUT2D eigenvalue weighted by molar-refractivity contribution is 6.39. The van der Waals surface area contributed by atoms with Gasteiger partial charge in [-0.3, -0.25) is 14.0 Å². The van der Waals surface area contributed by atoms with Crippen molar-refractivity contribution in [3.63, 3.8) is 0 Å². The molecule has 1 saturated heterocycles. The van der Waals surface area contributed by atoms with Gasteiger partial charge in [0.15, 0.2) is 0 Å². The van der Waals surface area contributed by atoms with Gasteiger partial charge >= 0.3 is 0 Å². The third-order valence-corrected chi connectivity index (χ3v) is 10.4. The van der Waals surface area contributed by atoms with E-state index in [2.05, 4.69) is 20.9 Å². The molecule has 7 rings (SSSR count). The summed E-state index contributed by atoms with van der Waals surface area (Å²) >= 11 is 14.2. The molecular formula is C38H38Cl2N6O4. The second-order valence-electron chi connectivity index (χ2n) is 12.9. The number of rotatable bonds is 13. The Morgan fingerprint density at radius 3 is 2.36 bits per heavy atom. The van der Waals surface area contributed by atoms with Crippen molar-refractivity contribution in [3.05, 3.63) is 105 Å². The van der Waals surface area contributed by atoms with Gasteiger partial charge in [0.1, 0.15) is 5.65 Å². The van der Waals surface area contributed by atoms with Crippen molar-refractivity contribution < 1.29 is 14.6 Å². The minimum atomic E-state index is -0.124. The molecule has 2 aromatic carbocycles. The fourth-order valence-corrected chi connectivity index (χ4v) is 7.28. The summed E-state index contributed by atoms with van der Waals surface area (Å²) in [6.07, 6.45) is 5.77. The number of hydrogen-bond donors (Lipinski definition) is 4. The van der Waals surface area contributed by atoms with E-state index in [1.165, 1.54) is 0 Å². The molecule has 4 N–H and O–H groups in total. The van der Waals surface area contributed by atoms with Crippen molar-refractivity contribution in [2.24, 2.45) is 11.8 Å². The Morgan fingerprint density at radius 2 is 1.64 bits per heavy atom. The van der Waals surface area contributed by atoms with Crippen LogP contribution in [0, 0.1) is 11.8 Å². The number of aromatic nitrogens is 3. The lowest BCUT2D eigenvalue weighted by Gasteiger charge is -2.16. The number of nitrogens with zero attached hydrogens (tertiary/aromatic N) is 3. The van der Waals surface area contributed by atoms with Crippen LogP contribution < -0.4 is 26.2 Å². The second kappa shape index (κ2) is 14.9. The van der Waals surface area contributed by atoms with Crippen LogP contribution >= 0.6 is 23.2 Å². The Morgan fingerprint density at radius 1 is 0.920 bits per heavy atom. The Balaban J connectivity index is 1.11. The number of pyridine rings is 2. The maximum absolute atomic E-state index is 13.2. The molecular weight excluding hydrogens is 675 g/mol. The minimum absolute atomic E-state index is 0.0947. The third kappa shape index (κ3) is 7.12. The monoisotopic (exact) mass is 712 g/mol. The summed E-state index contributed by atoms with van der Waals surface area (Å²) in [7, 11) is 1.59. The predicted molar refractivity (Wildman–Crippen MR) is 195 cm³/mol. The Labute approximate surface area is 299 Å². The molecule has 3 unspecified atom stereocenters. The first-order chi connectivity index (χ1) is 24.3. The molecule has 1 amide bonds. The summed E-state index contributed by atoms with van der Waals surface area (Å²) in [5.41, 5.74) is 6.39. The zero-order valence-corrected chi connectivity index (χ0v) is 29.1. The molecule has 50 heavy (non-hydrogen) atoms. The van der Waals surface area contributed by atoms with Crippen LogP contribution in [0.4, 0.5) is 0 Å². The van der Waals surface area contributed by atoms with Gasteiger partial charge in [-0.1, -0.05) is 65.7 Å². The zero-order valence-electron chi connectivity index (χ0n) is 27.6. The van der Waals surface area contributed by atoms with Gasteiger partial charge in [-0.2, -0.15) is 0 Å². The van der Waals surface area contributed by atoms with Gasteiger partial charge in [0.25, 0.3) is 5.56 Å². The maximum atomic E-state index is 13.2. The SMILES string of the molecule is COc1nc(-c2cccc(-c3cccc(-c4ccn5c(=O)c(CNCC6CC6CO)cnc5c4)c3Cl)c2Cl)ccc1CNCC1CCC(=O)N1. The maximum Gasteiger partial charge on any atom is 0.262 e. The van der Waals surface area contributed by atoms with Crippen molar-refractivity contribution >= 4 is 34.8 Å². The van der Waals surface area contributed by atoms with Crippen LogP contribution in [0.2, 0.25) is 10.0 Å². The number of benzene rings is 2. The number of halogens is 2.